The second-order valence-corrected chi connectivity index (χ2v) is 11.4. The maximum atomic E-state index is 12.7. The van der Waals surface area contributed by atoms with Crippen LogP contribution in [0.1, 0.15) is 28.9 Å². The number of carbonyl (C=O) groups excluding carboxylic acids is 1. The van der Waals surface area contributed by atoms with Crippen molar-refractivity contribution in [2.45, 2.75) is 18.9 Å². The lowest BCUT2D eigenvalue weighted by Crippen LogP contribution is -2.35. The molecule has 2 aromatic heterocycles. The van der Waals surface area contributed by atoms with Crippen LogP contribution in [0.2, 0.25) is 0 Å². The number of hydrogen-bond donors (Lipinski definition) is 2. The summed E-state index contributed by atoms with van der Waals surface area (Å²) in [5.41, 5.74) is 4.49. The minimum atomic E-state index is -0.523. The number of nitriles is 1. The van der Waals surface area contributed by atoms with Crippen LogP contribution in [0.15, 0.2) is 46.6 Å². The van der Waals surface area contributed by atoms with Crippen LogP contribution in [0, 0.1) is 11.3 Å². The van der Waals surface area contributed by atoms with Crippen molar-refractivity contribution < 1.29 is 4.79 Å². The fourth-order valence-electron chi connectivity index (χ4n) is 4.43. The van der Waals surface area contributed by atoms with Crippen molar-refractivity contribution in [1.82, 2.24) is 19.9 Å². The molecule has 3 heterocycles. The second kappa shape index (κ2) is 10.8. The molecule has 38 heavy (non-hydrogen) atoms. The third kappa shape index (κ3) is 5.23. The van der Waals surface area contributed by atoms with Crippen molar-refractivity contribution in [1.29, 1.82) is 5.26 Å². The highest BCUT2D eigenvalue weighted by Gasteiger charge is 2.23. The van der Waals surface area contributed by atoms with Gasteiger partial charge in [-0.1, -0.05) is 12.1 Å². The topological polar surface area (TPSA) is 118 Å². The summed E-state index contributed by atoms with van der Waals surface area (Å²) in [7, 11) is 5.27. The normalized spacial score (nSPS) is 13.7. The van der Waals surface area contributed by atoms with Gasteiger partial charge in [-0.25, -0.2) is 9.97 Å². The molecule has 194 valence electrons. The predicted molar refractivity (Wildman–Crippen MR) is 155 cm³/mol. The number of rotatable bonds is 6. The van der Waals surface area contributed by atoms with E-state index in [1.54, 1.807) is 26.2 Å². The first-order valence-corrected chi connectivity index (χ1v) is 14.2. The highest BCUT2D eigenvalue weighted by molar-refractivity contribution is 7.99. The molecule has 4 aromatic rings. The number of anilines is 3. The average molecular weight is 546 g/mol. The van der Waals surface area contributed by atoms with Gasteiger partial charge in [-0.3, -0.25) is 9.59 Å². The first-order valence-electron chi connectivity index (χ1n) is 12.2. The summed E-state index contributed by atoms with van der Waals surface area (Å²) in [5.74, 6) is 1.78. The summed E-state index contributed by atoms with van der Waals surface area (Å²) in [5, 5.41) is 15.2. The van der Waals surface area contributed by atoms with Crippen LogP contribution in [0.3, 0.4) is 0 Å². The second-order valence-electron chi connectivity index (χ2n) is 9.31. The molecule has 0 saturated carbocycles. The van der Waals surface area contributed by atoms with Crippen LogP contribution in [0.25, 0.3) is 22.3 Å². The molecular formula is C27H27N7O2S2. The molecule has 0 unspecified atom stereocenters. The van der Waals surface area contributed by atoms with Crippen molar-refractivity contribution in [3.8, 4) is 17.3 Å². The zero-order chi connectivity index (χ0) is 26.8. The van der Waals surface area contributed by atoms with Gasteiger partial charge in [-0.05, 0) is 48.6 Å². The predicted octanol–water partition coefficient (Wildman–Crippen LogP) is 4.70. The average Bonchev–Trinajstić information content (AvgIpc) is 3.40. The number of thioether (sulfide) groups is 1. The van der Waals surface area contributed by atoms with Crippen LogP contribution < -0.4 is 15.8 Å². The molecule has 9 nitrogen and oxygen atoms in total. The number of aromatic amines is 1. The van der Waals surface area contributed by atoms with E-state index in [0.717, 1.165) is 47.0 Å². The number of aromatic nitrogens is 3. The molecule has 2 N–H and O–H groups in total. The summed E-state index contributed by atoms with van der Waals surface area (Å²) in [6.07, 6.45) is 2.14. The molecule has 0 radical (unpaired) electrons. The number of benzene rings is 2. The zero-order valence-electron chi connectivity index (χ0n) is 21.3. The number of carbonyl (C=O) groups is 1. The Kier molecular flexibility index (Phi) is 7.35. The van der Waals surface area contributed by atoms with Gasteiger partial charge in [0, 0.05) is 38.1 Å². The van der Waals surface area contributed by atoms with E-state index in [0.29, 0.717) is 27.8 Å². The van der Waals surface area contributed by atoms with Crippen molar-refractivity contribution in [3.05, 3.63) is 63.4 Å². The van der Waals surface area contributed by atoms with Gasteiger partial charge in [0.15, 0.2) is 10.8 Å². The SMILES string of the molecule is CN(C)C(=O)c1nc2cc(N(C)C3CCSCC3)c(Nc3nc(-c4ccc(C#N)cc4)cs3)cc2[nH]c1=O. The third-order valence-corrected chi connectivity index (χ3v) is 8.40. The summed E-state index contributed by atoms with van der Waals surface area (Å²) in [6, 6.07) is 13.6. The number of thiazole rings is 1. The summed E-state index contributed by atoms with van der Waals surface area (Å²) in [6.45, 7) is 0. The molecule has 5 rings (SSSR count). The van der Waals surface area contributed by atoms with E-state index in [2.05, 4.69) is 33.3 Å². The Bertz CT molecular complexity index is 1580. The lowest BCUT2D eigenvalue weighted by Gasteiger charge is -2.34. The van der Waals surface area contributed by atoms with Gasteiger partial charge in [-0.15, -0.1) is 11.3 Å². The molecule has 2 aromatic carbocycles. The molecule has 1 aliphatic heterocycles. The van der Waals surface area contributed by atoms with Crippen molar-refractivity contribution in [2.75, 3.05) is 42.9 Å². The van der Waals surface area contributed by atoms with Crippen LogP contribution in [-0.2, 0) is 0 Å². The Balaban J connectivity index is 1.55. The molecule has 1 aliphatic rings. The van der Waals surface area contributed by atoms with Gasteiger partial charge in [0.1, 0.15) is 0 Å². The number of hydrogen-bond acceptors (Lipinski definition) is 9. The van der Waals surface area contributed by atoms with Crippen molar-refractivity contribution >= 4 is 56.5 Å². The Morgan fingerprint density at radius 2 is 1.87 bits per heavy atom. The number of H-pyrrole nitrogens is 1. The number of fused-ring (bicyclic) bond motifs is 1. The fraction of sp³-hybridized carbons (Fsp3) is 0.296. The van der Waals surface area contributed by atoms with E-state index in [4.69, 9.17) is 10.2 Å². The molecule has 11 heteroatoms. The van der Waals surface area contributed by atoms with Crippen molar-refractivity contribution in [3.63, 3.8) is 0 Å². The molecule has 1 saturated heterocycles. The first kappa shape index (κ1) is 25.8. The van der Waals surface area contributed by atoms with Gasteiger partial charge in [-0.2, -0.15) is 17.0 Å². The van der Waals surface area contributed by atoms with Crippen molar-refractivity contribution in [2.24, 2.45) is 0 Å². The van der Waals surface area contributed by atoms with E-state index in [1.165, 1.54) is 16.2 Å². The molecule has 0 spiro atoms. The monoisotopic (exact) mass is 545 g/mol. The highest BCUT2D eigenvalue weighted by Crippen LogP contribution is 2.36. The molecule has 0 bridgehead atoms. The maximum Gasteiger partial charge on any atom is 0.280 e. The molecular weight excluding hydrogens is 518 g/mol. The lowest BCUT2D eigenvalue weighted by molar-refractivity contribution is 0.0820. The van der Waals surface area contributed by atoms with E-state index in [-0.39, 0.29) is 5.69 Å². The van der Waals surface area contributed by atoms with E-state index >= 15 is 0 Å². The summed E-state index contributed by atoms with van der Waals surface area (Å²) >= 11 is 3.45. The summed E-state index contributed by atoms with van der Waals surface area (Å²) < 4.78 is 0. The third-order valence-electron chi connectivity index (χ3n) is 6.59. The number of amides is 1. The maximum absolute atomic E-state index is 12.7. The van der Waals surface area contributed by atoms with Gasteiger partial charge in [0.25, 0.3) is 11.5 Å². The fourth-order valence-corrected chi connectivity index (χ4v) is 6.25. The Morgan fingerprint density at radius 1 is 1.13 bits per heavy atom. The van der Waals surface area contributed by atoms with Gasteiger partial charge in [0.05, 0.1) is 39.7 Å². The minimum absolute atomic E-state index is 0.127. The Hall–Kier alpha value is -3.88. The van der Waals surface area contributed by atoms with Crippen LogP contribution >= 0.6 is 23.1 Å². The first-order chi connectivity index (χ1) is 18.3. The van der Waals surface area contributed by atoms with Gasteiger partial charge < -0.3 is 20.1 Å². The minimum Gasteiger partial charge on any atom is -0.370 e. The Morgan fingerprint density at radius 3 is 2.55 bits per heavy atom. The lowest BCUT2D eigenvalue weighted by atomic mass is 10.1. The summed E-state index contributed by atoms with van der Waals surface area (Å²) in [4.78, 5) is 40.9. The molecule has 1 amide bonds. The molecule has 0 aliphatic carbocycles. The van der Waals surface area contributed by atoms with Gasteiger partial charge >= 0.3 is 0 Å². The number of nitrogens with one attached hydrogen (secondary N) is 2. The zero-order valence-corrected chi connectivity index (χ0v) is 22.9. The molecule has 1 fully saturated rings. The van der Waals surface area contributed by atoms with E-state index in [1.807, 2.05) is 41.4 Å². The Labute approximate surface area is 228 Å². The number of nitrogens with zero attached hydrogens (tertiary/aromatic N) is 5. The largest absolute Gasteiger partial charge is 0.370 e. The van der Waals surface area contributed by atoms with E-state index in [9.17, 15) is 9.59 Å². The highest BCUT2D eigenvalue weighted by atomic mass is 32.2. The quantitative estimate of drug-likeness (QED) is 0.358. The van der Waals surface area contributed by atoms with E-state index < -0.39 is 11.5 Å². The van der Waals surface area contributed by atoms with Crippen LogP contribution in [0.4, 0.5) is 16.5 Å². The van der Waals surface area contributed by atoms with Crippen LogP contribution in [0.5, 0.6) is 0 Å². The standard InChI is InChI=1S/C27H27N7O2S2/c1-33(2)26(36)24-25(35)30-19-12-21(23(13-20(19)29-24)34(3)18-8-10-37-11-9-18)31-27-32-22(15-38-27)17-6-4-16(14-28)5-7-17/h4-7,12-13,15,18H,8-11H2,1-3H3,(H,30,35)(H,31,32). The van der Waals surface area contributed by atoms with Gasteiger partial charge in [0.2, 0.25) is 0 Å². The van der Waals surface area contributed by atoms with Crippen LogP contribution in [-0.4, -0.2) is 64.4 Å². The smallest absolute Gasteiger partial charge is 0.280 e. The molecule has 0 atom stereocenters.